The molecule has 33 heavy (non-hydrogen) atoms. The summed E-state index contributed by atoms with van der Waals surface area (Å²) in [6.45, 7) is 1.69. The van der Waals surface area contributed by atoms with Gasteiger partial charge in [-0.15, -0.1) is 0 Å². The van der Waals surface area contributed by atoms with Gasteiger partial charge in [-0.2, -0.15) is 0 Å². The Morgan fingerprint density at radius 1 is 1.09 bits per heavy atom. The van der Waals surface area contributed by atoms with E-state index in [0.29, 0.717) is 12.8 Å². The van der Waals surface area contributed by atoms with Crippen molar-refractivity contribution in [2.75, 3.05) is 6.54 Å². The first-order chi connectivity index (χ1) is 15.6. The number of carbonyl (C=O) groups excluding carboxylic acids is 3. The van der Waals surface area contributed by atoms with Gasteiger partial charge < -0.3 is 31.5 Å². The summed E-state index contributed by atoms with van der Waals surface area (Å²) in [6, 6.07) is 4.84. The Morgan fingerprint density at radius 3 is 2.36 bits per heavy atom. The van der Waals surface area contributed by atoms with Crippen LogP contribution in [-0.4, -0.2) is 75.5 Å². The van der Waals surface area contributed by atoms with Crippen LogP contribution in [0.15, 0.2) is 30.3 Å². The normalized spacial score (nSPS) is 18.1. The molecule has 1 aliphatic rings. The van der Waals surface area contributed by atoms with Crippen LogP contribution in [0.2, 0.25) is 0 Å². The van der Waals surface area contributed by atoms with Crippen LogP contribution < -0.4 is 16.4 Å². The van der Waals surface area contributed by atoms with Crippen molar-refractivity contribution in [2.24, 2.45) is 5.73 Å². The van der Waals surface area contributed by atoms with Gasteiger partial charge in [0.05, 0.1) is 6.04 Å². The molecular formula is C22H30N4O7. The second-order valence-electron chi connectivity index (χ2n) is 8.05. The number of benzene rings is 1. The van der Waals surface area contributed by atoms with Gasteiger partial charge in [0, 0.05) is 19.4 Å². The Kier molecular flexibility index (Phi) is 9.34. The van der Waals surface area contributed by atoms with Gasteiger partial charge in [-0.25, -0.2) is 4.79 Å². The number of nitrogens with one attached hydrogen (secondary N) is 2. The van der Waals surface area contributed by atoms with Gasteiger partial charge in [0.15, 0.2) is 0 Å². The molecule has 0 aliphatic carbocycles. The fourth-order valence-corrected chi connectivity index (χ4v) is 3.63. The maximum Gasteiger partial charge on any atom is 0.326 e. The van der Waals surface area contributed by atoms with E-state index >= 15 is 0 Å². The van der Waals surface area contributed by atoms with Gasteiger partial charge in [0.2, 0.25) is 17.7 Å². The number of aliphatic carboxylic acids is 2. The zero-order chi connectivity index (χ0) is 24.5. The quantitative estimate of drug-likeness (QED) is 0.291. The summed E-state index contributed by atoms with van der Waals surface area (Å²) in [5, 5.41) is 23.2. The average molecular weight is 463 g/mol. The number of nitrogens with zero attached hydrogens (tertiary/aromatic N) is 1. The molecule has 3 amide bonds. The third-order valence-electron chi connectivity index (χ3n) is 5.48. The van der Waals surface area contributed by atoms with Gasteiger partial charge in [-0.3, -0.25) is 19.2 Å². The molecule has 0 aromatic heterocycles. The fraction of sp³-hybridized carbons (Fsp3) is 0.500. The van der Waals surface area contributed by atoms with Crippen LogP contribution in [0.3, 0.4) is 0 Å². The monoisotopic (exact) mass is 462 g/mol. The number of amides is 3. The van der Waals surface area contributed by atoms with Crippen LogP contribution in [0.5, 0.6) is 0 Å². The van der Waals surface area contributed by atoms with Crippen LogP contribution >= 0.6 is 0 Å². The molecule has 1 aromatic rings. The number of carboxylic acids is 2. The van der Waals surface area contributed by atoms with E-state index in [1.807, 2.05) is 6.07 Å². The third kappa shape index (κ3) is 7.56. The van der Waals surface area contributed by atoms with Crippen LogP contribution in [0.4, 0.5) is 0 Å². The van der Waals surface area contributed by atoms with E-state index < -0.39 is 53.8 Å². The minimum absolute atomic E-state index is 0.0871. The molecule has 6 N–H and O–H groups in total. The van der Waals surface area contributed by atoms with Crippen molar-refractivity contribution in [1.29, 1.82) is 0 Å². The molecule has 0 bridgehead atoms. The summed E-state index contributed by atoms with van der Waals surface area (Å²) in [7, 11) is 0. The molecule has 1 heterocycles. The highest BCUT2D eigenvalue weighted by molar-refractivity contribution is 5.94. The minimum atomic E-state index is -1.10. The highest BCUT2D eigenvalue weighted by Crippen LogP contribution is 2.19. The number of hydrogen-bond donors (Lipinski definition) is 5. The Hall–Kier alpha value is -3.47. The number of likely N-dealkylation sites (tertiary alicyclic amines) is 1. The minimum Gasteiger partial charge on any atom is -0.481 e. The summed E-state index contributed by atoms with van der Waals surface area (Å²) in [6.07, 6.45) is 0.662. The highest BCUT2D eigenvalue weighted by atomic mass is 16.4. The molecule has 1 aliphatic heterocycles. The van der Waals surface area contributed by atoms with Crippen LogP contribution in [0, 0.1) is 0 Å². The molecule has 1 fully saturated rings. The second-order valence-corrected chi connectivity index (χ2v) is 8.05. The first-order valence-electron chi connectivity index (χ1n) is 10.8. The Bertz CT molecular complexity index is 877. The molecule has 0 spiro atoms. The van der Waals surface area contributed by atoms with Gasteiger partial charge in [0.25, 0.3) is 0 Å². The molecule has 4 atom stereocenters. The predicted molar refractivity (Wildman–Crippen MR) is 117 cm³/mol. The molecular weight excluding hydrogens is 432 g/mol. The standard InChI is InChI=1S/C22H30N4O7/c1-13(24-20(30)15(23)9-10-18(27)28)19(29)25-16(12-14-6-3-2-4-7-14)21(31)26-11-5-8-17(26)22(32)33/h2-4,6-7,13,15-17H,5,8-12,23H2,1H3,(H,24,30)(H,25,29)(H,27,28)(H,32,33). The lowest BCUT2D eigenvalue weighted by Crippen LogP contribution is -2.57. The number of nitrogens with two attached hydrogens (primary N) is 1. The van der Waals surface area contributed by atoms with Gasteiger partial charge in [0.1, 0.15) is 18.1 Å². The second kappa shape index (κ2) is 12.0. The summed E-state index contributed by atoms with van der Waals surface area (Å²) >= 11 is 0. The lowest BCUT2D eigenvalue weighted by atomic mass is 10.0. The van der Waals surface area contributed by atoms with E-state index in [1.165, 1.54) is 11.8 Å². The van der Waals surface area contributed by atoms with Crippen molar-refractivity contribution < 1.29 is 34.2 Å². The maximum atomic E-state index is 13.2. The molecule has 11 nitrogen and oxygen atoms in total. The van der Waals surface area contributed by atoms with E-state index in [2.05, 4.69) is 10.6 Å². The summed E-state index contributed by atoms with van der Waals surface area (Å²) in [5.41, 5.74) is 6.44. The van der Waals surface area contributed by atoms with Gasteiger partial charge in [-0.1, -0.05) is 30.3 Å². The van der Waals surface area contributed by atoms with E-state index in [1.54, 1.807) is 24.3 Å². The number of rotatable bonds is 11. The van der Waals surface area contributed by atoms with Gasteiger partial charge >= 0.3 is 11.9 Å². The van der Waals surface area contributed by atoms with Gasteiger partial charge in [-0.05, 0) is 31.7 Å². The molecule has 1 saturated heterocycles. The lowest BCUT2D eigenvalue weighted by molar-refractivity contribution is -0.149. The van der Waals surface area contributed by atoms with E-state index in [-0.39, 0.29) is 25.8 Å². The average Bonchev–Trinajstić information content (AvgIpc) is 3.27. The molecule has 1 aromatic carbocycles. The third-order valence-corrected chi connectivity index (χ3v) is 5.48. The Labute approximate surface area is 191 Å². The SMILES string of the molecule is CC(NC(=O)C(N)CCC(=O)O)C(=O)NC(Cc1ccccc1)C(=O)N1CCCC1C(=O)O. The van der Waals surface area contributed by atoms with Crippen LogP contribution in [0.1, 0.15) is 38.2 Å². The lowest BCUT2D eigenvalue weighted by Gasteiger charge is -2.28. The number of carbonyl (C=O) groups is 5. The van der Waals surface area contributed by atoms with Crippen LogP contribution in [0.25, 0.3) is 0 Å². The van der Waals surface area contributed by atoms with Crippen molar-refractivity contribution in [2.45, 2.75) is 63.2 Å². The van der Waals surface area contributed by atoms with Crippen molar-refractivity contribution >= 4 is 29.7 Å². The number of carboxylic acid groups (broad SMARTS) is 2. The largest absolute Gasteiger partial charge is 0.481 e. The molecule has 4 unspecified atom stereocenters. The molecule has 180 valence electrons. The fourth-order valence-electron chi connectivity index (χ4n) is 3.63. The Balaban J connectivity index is 2.09. The smallest absolute Gasteiger partial charge is 0.326 e. The molecule has 0 saturated carbocycles. The molecule has 11 heteroatoms. The zero-order valence-corrected chi connectivity index (χ0v) is 18.4. The first-order valence-corrected chi connectivity index (χ1v) is 10.8. The van der Waals surface area contributed by atoms with E-state index in [4.69, 9.17) is 10.8 Å². The Morgan fingerprint density at radius 2 is 1.76 bits per heavy atom. The zero-order valence-electron chi connectivity index (χ0n) is 18.4. The predicted octanol–water partition coefficient (Wildman–Crippen LogP) is -0.514. The van der Waals surface area contributed by atoms with Crippen molar-refractivity contribution in [3.8, 4) is 0 Å². The number of hydrogen-bond acceptors (Lipinski definition) is 6. The highest BCUT2D eigenvalue weighted by Gasteiger charge is 2.38. The van der Waals surface area contributed by atoms with Crippen molar-refractivity contribution in [3.05, 3.63) is 35.9 Å². The summed E-state index contributed by atoms with van der Waals surface area (Å²) < 4.78 is 0. The molecule has 2 rings (SSSR count). The van der Waals surface area contributed by atoms with Crippen molar-refractivity contribution in [1.82, 2.24) is 15.5 Å². The first kappa shape index (κ1) is 25.8. The molecule has 0 radical (unpaired) electrons. The van der Waals surface area contributed by atoms with E-state index in [0.717, 1.165) is 5.56 Å². The summed E-state index contributed by atoms with van der Waals surface area (Å²) in [5.74, 6) is -4.02. The van der Waals surface area contributed by atoms with E-state index in [9.17, 15) is 29.1 Å². The summed E-state index contributed by atoms with van der Waals surface area (Å²) in [4.78, 5) is 61.5. The topological polar surface area (TPSA) is 179 Å². The maximum absolute atomic E-state index is 13.2. The van der Waals surface area contributed by atoms with Crippen molar-refractivity contribution in [3.63, 3.8) is 0 Å². The van der Waals surface area contributed by atoms with Crippen LogP contribution in [-0.2, 0) is 30.4 Å².